The summed E-state index contributed by atoms with van der Waals surface area (Å²) in [6.07, 6.45) is 14.4. The Morgan fingerprint density at radius 1 is 0.452 bits per heavy atom. The molecule has 0 bridgehead atoms. The molecule has 0 spiro atoms. The molecular weight excluding hydrogens is 805 g/mol. The molecule has 2 saturated heterocycles. The number of carbonyl (C=O) groups is 2. The second kappa shape index (κ2) is 35.7. The minimum absolute atomic E-state index is 0.171. The van der Waals surface area contributed by atoms with E-state index in [2.05, 4.69) is 13.8 Å². The highest BCUT2D eigenvalue weighted by atomic mass is 16.7. The van der Waals surface area contributed by atoms with Gasteiger partial charge in [0.05, 0.1) is 19.8 Å². The first-order chi connectivity index (χ1) is 30.0. The standard InChI is InChI=1S/C47H88O15/c1-3-5-7-9-11-13-14-15-16-17-18-19-20-22-23-25-27-29-38(49)57-32-35(60-39(50)30-28-26-24-21-12-10-8-6-4-2)33-58-46-45(56)43(54)41(52)37(62-46)34-59-47-44(55)42(53)40(51)36(31-48)61-47/h35-37,40-48,51-56H,3-34H2,1-2H3/t35-,36+,37+,40-,41-,42?,43?,44?,45?,46+,47+/m0/s1. The lowest BCUT2D eigenvalue weighted by Gasteiger charge is -2.42. The van der Waals surface area contributed by atoms with Crippen molar-refractivity contribution in [2.75, 3.05) is 26.4 Å². The molecule has 15 nitrogen and oxygen atoms in total. The van der Waals surface area contributed by atoms with E-state index in [1.807, 2.05) is 0 Å². The zero-order valence-electron chi connectivity index (χ0n) is 38.4. The Morgan fingerprint density at radius 3 is 1.26 bits per heavy atom. The number of hydrogen-bond acceptors (Lipinski definition) is 15. The van der Waals surface area contributed by atoms with Crippen molar-refractivity contribution >= 4 is 11.9 Å². The Kier molecular flexibility index (Phi) is 32.6. The molecular formula is C47H88O15. The van der Waals surface area contributed by atoms with Gasteiger partial charge in [-0.2, -0.15) is 0 Å². The maximum atomic E-state index is 12.9. The zero-order valence-corrected chi connectivity index (χ0v) is 38.4. The van der Waals surface area contributed by atoms with E-state index in [0.717, 1.165) is 38.5 Å². The summed E-state index contributed by atoms with van der Waals surface area (Å²) in [4.78, 5) is 25.6. The molecule has 11 atom stereocenters. The van der Waals surface area contributed by atoms with Crippen LogP contribution in [-0.2, 0) is 38.0 Å². The second-order valence-electron chi connectivity index (χ2n) is 17.7. The molecule has 0 aliphatic carbocycles. The van der Waals surface area contributed by atoms with Gasteiger partial charge in [-0.3, -0.25) is 9.59 Å². The van der Waals surface area contributed by atoms with Gasteiger partial charge in [0, 0.05) is 12.8 Å². The largest absolute Gasteiger partial charge is 0.462 e. The fourth-order valence-corrected chi connectivity index (χ4v) is 7.98. The fraction of sp³-hybridized carbons (Fsp3) is 0.957. The van der Waals surface area contributed by atoms with Crippen molar-refractivity contribution in [1.82, 2.24) is 0 Å². The zero-order chi connectivity index (χ0) is 45.4. The van der Waals surface area contributed by atoms with E-state index < -0.39 is 92.7 Å². The van der Waals surface area contributed by atoms with E-state index in [0.29, 0.717) is 12.8 Å². The van der Waals surface area contributed by atoms with Crippen molar-refractivity contribution in [2.45, 2.75) is 261 Å². The highest BCUT2D eigenvalue weighted by molar-refractivity contribution is 5.70. The number of unbranched alkanes of at least 4 members (excludes halogenated alkanes) is 24. The Labute approximate surface area is 372 Å². The number of hydrogen-bond donors (Lipinski definition) is 7. The molecule has 0 radical (unpaired) electrons. The normalized spacial score (nSPS) is 27.0. The van der Waals surface area contributed by atoms with Crippen LogP contribution in [0.1, 0.15) is 194 Å². The number of aliphatic hydroxyl groups is 7. The van der Waals surface area contributed by atoms with Crippen molar-refractivity contribution in [3.05, 3.63) is 0 Å². The molecule has 4 unspecified atom stereocenters. The number of esters is 2. The van der Waals surface area contributed by atoms with Gasteiger partial charge < -0.3 is 64.2 Å². The summed E-state index contributed by atoms with van der Waals surface area (Å²) in [5, 5.41) is 71.9. The molecule has 366 valence electrons. The topological polar surface area (TPSA) is 231 Å². The van der Waals surface area contributed by atoms with E-state index in [4.69, 9.17) is 28.4 Å². The Balaban J connectivity index is 1.78. The maximum absolute atomic E-state index is 12.9. The molecule has 0 saturated carbocycles. The predicted octanol–water partition coefficient (Wildman–Crippen LogP) is 6.04. The quantitative estimate of drug-likeness (QED) is 0.0277. The van der Waals surface area contributed by atoms with Gasteiger partial charge in [0.2, 0.25) is 0 Å². The van der Waals surface area contributed by atoms with Crippen molar-refractivity contribution in [3.8, 4) is 0 Å². The Hall–Kier alpha value is -1.50. The van der Waals surface area contributed by atoms with Crippen LogP contribution in [0.2, 0.25) is 0 Å². The van der Waals surface area contributed by atoms with Gasteiger partial charge in [-0.25, -0.2) is 0 Å². The van der Waals surface area contributed by atoms with E-state index in [1.165, 1.54) is 116 Å². The van der Waals surface area contributed by atoms with Crippen LogP contribution in [-0.4, -0.2) is 142 Å². The van der Waals surface area contributed by atoms with Crippen LogP contribution in [0.4, 0.5) is 0 Å². The minimum atomic E-state index is -1.76. The predicted molar refractivity (Wildman–Crippen MR) is 234 cm³/mol. The molecule has 15 heteroatoms. The van der Waals surface area contributed by atoms with Crippen LogP contribution in [0, 0.1) is 0 Å². The number of carbonyl (C=O) groups excluding carboxylic acids is 2. The highest BCUT2D eigenvalue weighted by Crippen LogP contribution is 2.26. The van der Waals surface area contributed by atoms with Crippen LogP contribution >= 0.6 is 0 Å². The molecule has 2 aliphatic rings. The molecule has 2 rings (SSSR count). The average Bonchev–Trinajstić information content (AvgIpc) is 3.26. The highest BCUT2D eigenvalue weighted by Gasteiger charge is 2.47. The van der Waals surface area contributed by atoms with E-state index >= 15 is 0 Å². The third kappa shape index (κ3) is 24.1. The summed E-state index contributed by atoms with van der Waals surface area (Å²) >= 11 is 0. The molecule has 0 aromatic carbocycles. The molecule has 2 fully saturated rings. The molecule has 2 heterocycles. The molecule has 7 N–H and O–H groups in total. The van der Waals surface area contributed by atoms with Crippen LogP contribution in [0.5, 0.6) is 0 Å². The minimum Gasteiger partial charge on any atom is -0.462 e. The van der Waals surface area contributed by atoms with Crippen molar-refractivity contribution in [2.24, 2.45) is 0 Å². The lowest BCUT2D eigenvalue weighted by Crippen LogP contribution is -2.61. The van der Waals surface area contributed by atoms with E-state index in [9.17, 15) is 45.3 Å². The summed E-state index contributed by atoms with van der Waals surface area (Å²) in [7, 11) is 0. The average molecular weight is 893 g/mol. The molecule has 0 amide bonds. The second-order valence-corrected chi connectivity index (χ2v) is 17.7. The van der Waals surface area contributed by atoms with Gasteiger partial charge in [0.25, 0.3) is 0 Å². The van der Waals surface area contributed by atoms with Crippen LogP contribution in [0.3, 0.4) is 0 Å². The fourth-order valence-electron chi connectivity index (χ4n) is 7.98. The summed E-state index contributed by atoms with van der Waals surface area (Å²) in [6.45, 7) is 2.58. The third-order valence-corrected chi connectivity index (χ3v) is 12.1. The van der Waals surface area contributed by atoms with Gasteiger partial charge in [-0.15, -0.1) is 0 Å². The lowest BCUT2D eigenvalue weighted by molar-refractivity contribution is -0.332. The third-order valence-electron chi connectivity index (χ3n) is 12.1. The first-order valence-corrected chi connectivity index (χ1v) is 24.6. The summed E-state index contributed by atoms with van der Waals surface area (Å²) in [5.41, 5.74) is 0. The first kappa shape index (κ1) is 56.6. The molecule has 62 heavy (non-hydrogen) atoms. The van der Waals surface area contributed by atoms with E-state index in [-0.39, 0.29) is 26.1 Å². The molecule has 0 aromatic rings. The number of rotatable bonds is 38. The SMILES string of the molecule is CCCCCCCCCCCCCCCCCCCC(=O)OC[C@@H](CO[C@@H]1O[C@H](CO[C@@H]2O[C@H](CO)[C@H](O)C(O)C2O)[C@H](O)C(O)C1O)OC(=O)CCCCCCCCCCC. The maximum Gasteiger partial charge on any atom is 0.306 e. The monoisotopic (exact) mass is 893 g/mol. The Morgan fingerprint density at radius 2 is 0.823 bits per heavy atom. The Bertz CT molecular complexity index is 1100. The van der Waals surface area contributed by atoms with Gasteiger partial charge in [0.15, 0.2) is 18.7 Å². The summed E-state index contributed by atoms with van der Waals surface area (Å²) in [6, 6.07) is 0. The number of aliphatic hydroxyl groups excluding tert-OH is 7. The van der Waals surface area contributed by atoms with Gasteiger partial charge >= 0.3 is 11.9 Å². The smallest absolute Gasteiger partial charge is 0.306 e. The lowest BCUT2D eigenvalue weighted by atomic mass is 9.98. The molecule has 2 aliphatic heterocycles. The van der Waals surface area contributed by atoms with Gasteiger partial charge in [-0.05, 0) is 12.8 Å². The molecule has 0 aromatic heterocycles. The van der Waals surface area contributed by atoms with E-state index in [1.54, 1.807) is 0 Å². The van der Waals surface area contributed by atoms with Crippen molar-refractivity contribution in [1.29, 1.82) is 0 Å². The summed E-state index contributed by atoms with van der Waals surface area (Å²) < 4.78 is 33.5. The van der Waals surface area contributed by atoms with Crippen LogP contribution in [0.15, 0.2) is 0 Å². The van der Waals surface area contributed by atoms with Crippen molar-refractivity contribution < 1.29 is 73.8 Å². The van der Waals surface area contributed by atoms with Gasteiger partial charge in [0.1, 0.15) is 55.4 Å². The number of ether oxygens (including phenoxy) is 6. The summed E-state index contributed by atoms with van der Waals surface area (Å²) in [5.74, 6) is -0.916. The van der Waals surface area contributed by atoms with Crippen LogP contribution in [0.25, 0.3) is 0 Å². The van der Waals surface area contributed by atoms with Crippen molar-refractivity contribution in [3.63, 3.8) is 0 Å². The van der Waals surface area contributed by atoms with Crippen LogP contribution < -0.4 is 0 Å². The first-order valence-electron chi connectivity index (χ1n) is 24.6. The van der Waals surface area contributed by atoms with Gasteiger partial charge in [-0.1, -0.05) is 168 Å².